The van der Waals surface area contributed by atoms with Gasteiger partial charge in [0.25, 0.3) is 0 Å². The molecular weight excluding hydrogens is 420 g/mol. The lowest BCUT2D eigenvalue weighted by molar-refractivity contribution is -0.136. The zero-order chi connectivity index (χ0) is 22.1. The molecule has 0 bridgehead atoms. The van der Waals surface area contributed by atoms with E-state index >= 15 is 0 Å². The number of hydrogen-bond acceptors (Lipinski definition) is 3. The highest BCUT2D eigenvalue weighted by atomic mass is 32.1. The summed E-state index contributed by atoms with van der Waals surface area (Å²) in [4.78, 5) is 11.0. The first-order chi connectivity index (χ1) is 15.0. The molecule has 2 atom stereocenters. The summed E-state index contributed by atoms with van der Waals surface area (Å²) in [5.74, 6) is -0.852. The van der Waals surface area contributed by atoms with E-state index in [0.29, 0.717) is 6.42 Å². The summed E-state index contributed by atoms with van der Waals surface area (Å²) in [6, 6.07) is 32.1. The smallest absolute Gasteiger partial charge is 0.316 e. The summed E-state index contributed by atoms with van der Waals surface area (Å²) >= 11 is 9.01. The summed E-state index contributed by atoms with van der Waals surface area (Å²) in [5, 5.41) is 8.64. The van der Waals surface area contributed by atoms with E-state index in [-0.39, 0.29) is 10.7 Å². The molecule has 0 saturated heterocycles. The molecule has 0 saturated carbocycles. The minimum Gasteiger partial charge on any atom is -0.480 e. The van der Waals surface area contributed by atoms with Crippen molar-refractivity contribution in [2.24, 2.45) is 0 Å². The average molecular weight is 451 g/mol. The Morgan fingerprint density at radius 3 is 1.52 bits per heavy atom. The fourth-order valence-corrected chi connectivity index (χ4v) is 4.79. The Kier molecular flexibility index (Phi) is 8.68. The Morgan fingerprint density at radius 1 is 0.710 bits per heavy atom. The largest absolute Gasteiger partial charge is 0.480 e. The normalized spacial score (nSPS) is 13.5. The first kappa shape index (κ1) is 23.5. The zero-order valence-corrected chi connectivity index (χ0v) is 19.4. The van der Waals surface area contributed by atoms with Gasteiger partial charge in [-0.05, 0) is 42.4 Å². The van der Waals surface area contributed by atoms with E-state index in [0.717, 1.165) is 25.7 Å². The number of carboxylic acid groups (broad SMARTS) is 1. The number of rotatable bonds is 11. The van der Waals surface area contributed by atoms with Crippen LogP contribution in [-0.2, 0) is 10.2 Å². The maximum Gasteiger partial charge on any atom is 0.316 e. The maximum absolute atomic E-state index is 11.0. The minimum atomic E-state index is -0.852. The highest BCUT2D eigenvalue weighted by molar-refractivity contribution is 7.81. The number of thiol groups is 2. The molecule has 31 heavy (non-hydrogen) atoms. The third kappa shape index (κ3) is 5.96. The highest BCUT2D eigenvalue weighted by Crippen LogP contribution is 2.43. The topological polar surface area (TPSA) is 37.3 Å². The van der Waals surface area contributed by atoms with Crippen molar-refractivity contribution in [3.8, 4) is 0 Å². The maximum atomic E-state index is 11.0. The van der Waals surface area contributed by atoms with E-state index in [1.165, 1.54) is 16.7 Å². The Morgan fingerprint density at radius 2 is 1.13 bits per heavy atom. The van der Waals surface area contributed by atoms with Crippen LogP contribution in [0.5, 0.6) is 0 Å². The summed E-state index contributed by atoms with van der Waals surface area (Å²) in [6.45, 7) is 0. The fraction of sp³-hybridized carbons (Fsp3) is 0.296. The Labute approximate surface area is 196 Å². The van der Waals surface area contributed by atoms with E-state index in [2.05, 4.69) is 104 Å². The molecule has 162 valence electrons. The van der Waals surface area contributed by atoms with Gasteiger partial charge in [-0.25, -0.2) is 0 Å². The van der Waals surface area contributed by atoms with Gasteiger partial charge in [-0.2, -0.15) is 25.3 Å². The van der Waals surface area contributed by atoms with Crippen LogP contribution in [0.25, 0.3) is 0 Å². The predicted molar refractivity (Wildman–Crippen MR) is 135 cm³/mol. The lowest BCUT2D eigenvalue weighted by Gasteiger charge is -2.37. The molecule has 0 amide bonds. The molecular formula is C27H30O2S2. The molecule has 0 spiro atoms. The van der Waals surface area contributed by atoms with Crippen molar-refractivity contribution < 1.29 is 9.90 Å². The van der Waals surface area contributed by atoms with Gasteiger partial charge in [0, 0.05) is 10.7 Å². The molecule has 0 fully saturated rings. The highest BCUT2D eigenvalue weighted by Gasteiger charge is 2.36. The van der Waals surface area contributed by atoms with Crippen LogP contribution in [0, 0.1) is 0 Å². The average Bonchev–Trinajstić information content (AvgIpc) is 2.81. The summed E-state index contributed by atoms with van der Waals surface area (Å²) in [6.07, 6.45) is 4.09. The van der Waals surface area contributed by atoms with Crippen molar-refractivity contribution in [1.29, 1.82) is 0 Å². The number of carboxylic acids is 1. The van der Waals surface area contributed by atoms with Crippen LogP contribution < -0.4 is 0 Å². The Balaban J connectivity index is 1.89. The van der Waals surface area contributed by atoms with Crippen LogP contribution in [0.1, 0.15) is 48.8 Å². The molecule has 0 aliphatic carbocycles. The zero-order valence-electron chi connectivity index (χ0n) is 17.6. The van der Waals surface area contributed by atoms with Gasteiger partial charge in [0.05, 0.1) is 5.25 Å². The molecule has 0 aliphatic heterocycles. The van der Waals surface area contributed by atoms with E-state index < -0.39 is 11.2 Å². The predicted octanol–water partition coefficient (Wildman–Crippen LogP) is 6.65. The van der Waals surface area contributed by atoms with Gasteiger partial charge in [-0.1, -0.05) is 97.4 Å². The van der Waals surface area contributed by atoms with Gasteiger partial charge >= 0.3 is 5.97 Å². The second-order valence-corrected chi connectivity index (χ2v) is 9.33. The van der Waals surface area contributed by atoms with Gasteiger partial charge < -0.3 is 5.11 Å². The molecule has 3 aromatic carbocycles. The lowest BCUT2D eigenvalue weighted by atomic mass is 9.66. The summed E-state index contributed by atoms with van der Waals surface area (Å²) in [5.41, 5.74) is 3.55. The molecule has 3 rings (SSSR count). The molecule has 0 heterocycles. The third-order valence-electron chi connectivity index (χ3n) is 5.95. The van der Waals surface area contributed by atoms with Crippen molar-refractivity contribution in [2.75, 3.05) is 0 Å². The number of carbonyl (C=O) groups is 1. The van der Waals surface area contributed by atoms with E-state index in [1.54, 1.807) is 0 Å². The lowest BCUT2D eigenvalue weighted by Crippen LogP contribution is -2.30. The van der Waals surface area contributed by atoms with Gasteiger partial charge in [0.2, 0.25) is 0 Å². The summed E-state index contributed by atoms with van der Waals surface area (Å²) in [7, 11) is 0. The van der Waals surface area contributed by atoms with Crippen LogP contribution in [0.3, 0.4) is 0 Å². The van der Waals surface area contributed by atoms with Gasteiger partial charge in [0.1, 0.15) is 0 Å². The molecule has 0 radical (unpaired) electrons. The summed E-state index contributed by atoms with van der Waals surface area (Å²) < 4.78 is 0. The molecule has 2 unspecified atom stereocenters. The SMILES string of the molecule is O=C(O)C(S)CCCC(S)CCC(c1ccccc1)(c1ccccc1)c1ccccc1. The van der Waals surface area contributed by atoms with Crippen LogP contribution >= 0.6 is 25.3 Å². The minimum absolute atomic E-state index is 0.199. The molecule has 2 nitrogen and oxygen atoms in total. The number of aliphatic carboxylic acids is 1. The molecule has 0 aromatic heterocycles. The molecule has 4 heteroatoms. The standard InChI is InChI=1S/C27H30O2S2/c28-26(29)25(31)18-10-17-24(30)19-20-27(21-11-4-1-5-12-21,22-13-6-2-7-14-22)23-15-8-3-9-16-23/h1-9,11-16,24-25,30-31H,10,17-20H2,(H,28,29). The van der Waals surface area contributed by atoms with Crippen molar-refractivity contribution in [1.82, 2.24) is 0 Å². The van der Waals surface area contributed by atoms with E-state index in [1.807, 2.05) is 0 Å². The number of hydrogen-bond donors (Lipinski definition) is 3. The molecule has 0 aliphatic rings. The van der Waals surface area contributed by atoms with Crippen LogP contribution in [-0.4, -0.2) is 21.6 Å². The second kappa shape index (κ2) is 11.4. The van der Waals surface area contributed by atoms with Crippen molar-refractivity contribution in [3.05, 3.63) is 108 Å². The van der Waals surface area contributed by atoms with Crippen LogP contribution in [0.4, 0.5) is 0 Å². The fourth-order valence-electron chi connectivity index (χ4n) is 4.30. The Bertz CT molecular complexity index is 833. The van der Waals surface area contributed by atoms with Crippen molar-refractivity contribution >= 4 is 31.2 Å². The quantitative estimate of drug-likeness (QED) is 0.226. The van der Waals surface area contributed by atoms with E-state index in [4.69, 9.17) is 17.7 Å². The third-order valence-corrected chi connectivity index (χ3v) is 6.95. The first-order valence-corrected chi connectivity index (χ1v) is 11.8. The van der Waals surface area contributed by atoms with Crippen molar-refractivity contribution in [3.63, 3.8) is 0 Å². The monoisotopic (exact) mass is 450 g/mol. The van der Waals surface area contributed by atoms with Crippen LogP contribution in [0.15, 0.2) is 91.0 Å². The van der Waals surface area contributed by atoms with Gasteiger partial charge in [-0.15, -0.1) is 0 Å². The Hall–Kier alpha value is -2.17. The molecule has 3 aromatic rings. The van der Waals surface area contributed by atoms with Crippen LogP contribution in [0.2, 0.25) is 0 Å². The molecule has 1 N–H and O–H groups in total. The second-order valence-electron chi connectivity index (χ2n) is 7.98. The van der Waals surface area contributed by atoms with Gasteiger partial charge in [-0.3, -0.25) is 4.79 Å². The van der Waals surface area contributed by atoms with Crippen molar-refractivity contribution in [2.45, 2.75) is 48.0 Å². The number of benzene rings is 3. The van der Waals surface area contributed by atoms with Gasteiger partial charge in [0.15, 0.2) is 0 Å². The van der Waals surface area contributed by atoms with E-state index in [9.17, 15) is 4.79 Å². The first-order valence-electron chi connectivity index (χ1n) is 10.8.